The maximum absolute atomic E-state index is 13.2. The quantitative estimate of drug-likeness (QED) is 0.851. The number of hydrogen-bond acceptors (Lipinski definition) is 2. The molecule has 1 atom stereocenters. The van der Waals surface area contributed by atoms with Crippen LogP contribution in [0.1, 0.15) is 30.6 Å². The fourth-order valence-corrected chi connectivity index (χ4v) is 2.09. The zero-order valence-electron chi connectivity index (χ0n) is 11.0. The molecule has 1 aromatic carbocycles. The molecule has 0 bridgehead atoms. The van der Waals surface area contributed by atoms with Crippen LogP contribution in [0.25, 0.3) is 0 Å². The van der Waals surface area contributed by atoms with Crippen molar-refractivity contribution < 1.29 is 23.5 Å². The van der Waals surface area contributed by atoms with Crippen molar-refractivity contribution in [2.24, 2.45) is 0 Å². The lowest BCUT2D eigenvalue weighted by Crippen LogP contribution is -2.39. The summed E-state index contributed by atoms with van der Waals surface area (Å²) in [5, 5.41) is 8.53. The van der Waals surface area contributed by atoms with E-state index in [-0.39, 0.29) is 23.6 Å². The second-order valence-electron chi connectivity index (χ2n) is 4.28. The van der Waals surface area contributed by atoms with Gasteiger partial charge in [-0.25, -0.2) is 8.78 Å². The second-order valence-corrected chi connectivity index (χ2v) is 4.69. The molecule has 0 fully saturated rings. The highest BCUT2D eigenvalue weighted by Gasteiger charge is 2.24. The van der Waals surface area contributed by atoms with E-state index in [0.717, 1.165) is 12.1 Å². The van der Waals surface area contributed by atoms with Crippen molar-refractivity contribution in [1.82, 2.24) is 4.90 Å². The smallest absolute Gasteiger partial charge is 0.305 e. The van der Waals surface area contributed by atoms with Gasteiger partial charge in [0.05, 0.1) is 17.0 Å². The Labute approximate surface area is 119 Å². The summed E-state index contributed by atoms with van der Waals surface area (Å²) < 4.78 is 26.2. The summed E-state index contributed by atoms with van der Waals surface area (Å²) in [5.74, 6) is -4.02. The number of rotatable bonds is 5. The van der Waals surface area contributed by atoms with Crippen LogP contribution in [0, 0.1) is 11.6 Å². The molecule has 1 unspecified atom stereocenters. The summed E-state index contributed by atoms with van der Waals surface area (Å²) in [6.07, 6.45) is -0.249. The third-order valence-electron chi connectivity index (χ3n) is 2.84. The summed E-state index contributed by atoms with van der Waals surface area (Å²) in [6, 6.07) is 0.852. The minimum Gasteiger partial charge on any atom is -0.481 e. The van der Waals surface area contributed by atoms with E-state index in [9.17, 15) is 18.4 Å². The van der Waals surface area contributed by atoms with E-state index in [1.807, 2.05) is 0 Å². The molecule has 0 saturated carbocycles. The van der Waals surface area contributed by atoms with Gasteiger partial charge in [0.1, 0.15) is 0 Å². The molecule has 4 nitrogen and oxygen atoms in total. The monoisotopic (exact) mass is 305 g/mol. The third kappa shape index (κ3) is 3.66. The van der Waals surface area contributed by atoms with Crippen molar-refractivity contribution in [3.8, 4) is 0 Å². The van der Waals surface area contributed by atoms with Crippen molar-refractivity contribution in [3.05, 3.63) is 34.4 Å². The second kappa shape index (κ2) is 6.65. The minimum atomic E-state index is -1.18. The van der Waals surface area contributed by atoms with Gasteiger partial charge in [-0.3, -0.25) is 9.59 Å². The largest absolute Gasteiger partial charge is 0.481 e. The lowest BCUT2D eigenvalue weighted by atomic mass is 10.1. The number of aliphatic carboxylic acids is 1. The van der Waals surface area contributed by atoms with Gasteiger partial charge in [0.15, 0.2) is 11.6 Å². The Morgan fingerprint density at radius 3 is 2.40 bits per heavy atom. The van der Waals surface area contributed by atoms with E-state index in [0.29, 0.717) is 0 Å². The average Bonchev–Trinajstić information content (AvgIpc) is 2.33. The molecule has 0 aliphatic carbocycles. The van der Waals surface area contributed by atoms with E-state index in [4.69, 9.17) is 16.7 Å². The highest BCUT2D eigenvalue weighted by Crippen LogP contribution is 2.22. The van der Waals surface area contributed by atoms with Crippen LogP contribution in [-0.2, 0) is 4.79 Å². The van der Waals surface area contributed by atoms with Crippen LogP contribution < -0.4 is 0 Å². The first-order valence-electron chi connectivity index (χ1n) is 5.95. The van der Waals surface area contributed by atoms with Gasteiger partial charge in [-0.2, -0.15) is 0 Å². The molecule has 7 heteroatoms. The van der Waals surface area contributed by atoms with Gasteiger partial charge in [-0.15, -0.1) is 0 Å². The maximum Gasteiger partial charge on any atom is 0.305 e. The lowest BCUT2D eigenvalue weighted by Gasteiger charge is -2.27. The zero-order chi connectivity index (χ0) is 15.4. The minimum absolute atomic E-state index is 0.190. The molecule has 1 N–H and O–H groups in total. The highest BCUT2D eigenvalue weighted by atomic mass is 35.5. The zero-order valence-corrected chi connectivity index (χ0v) is 11.7. The first-order valence-corrected chi connectivity index (χ1v) is 6.33. The Morgan fingerprint density at radius 2 is 1.90 bits per heavy atom. The summed E-state index contributed by atoms with van der Waals surface area (Å²) in [4.78, 5) is 24.2. The molecule has 0 aliphatic rings. The molecule has 0 spiro atoms. The molecule has 1 rings (SSSR count). The van der Waals surface area contributed by atoms with Gasteiger partial charge in [0.2, 0.25) is 0 Å². The molecule has 0 aliphatic heterocycles. The van der Waals surface area contributed by atoms with Crippen LogP contribution in [0.4, 0.5) is 8.78 Å². The standard InChI is InChI=1S/C13H14ClF2NO3/c1-3-17(7(2)4-12(18)19)13(20)8-5-10(15)11(16)6-9(8)14/h5-7H,3-4H2,1-2H3,(H,18,19). The first kappa shape index (κ1) is 16.4. The maximum atomic E-state index is 13.2. The van der Waals surface area contributed by atoms with Gasteiger partial charge in [0, 0.05) is 12.6 Å². The number of benzene rings is 1. The first-order chi connectivity index (χ1) is 9.27. The van der Waals surface area contributed by atoms with Gasteiger partial charge in [-0.05, 0) is 26.0 Å². The number of halogens is 3. The number of carbonyl (C=O) groups excluding carboxylic acids is 1. The average molecular weight is 306 g/mol. The van der Waals surface area contributed by atoms with Crippen molar-refractivity contribution in [2.45, 2.75) is 26.3 Å². The molecular formula is C13H14ClF2NO3. The molecule has 1 amide bonds. The van der Waals surface area contributed by atoms with Crippen molar-refractivity contribution in [2.75, 3.05) is 6.54 Å². The number of hydrogen-bond donors (Lipinski definition) is 1. The SMILES string of the molecule is CCN(C(=O)c1cc(F)c(F)cc1Cl)C(C)CC(=O)O. The Balaban J connectivity index is 3.08. The van der Waals surface area contributed by atoms with Gasteiger partial charge < -0.3 is 10.0 Å². The molecule has 0 radical (unpaired) electrons. The molecule has 0 aromatic heterocycles. The molecule has 110 valence electrons. The number of carboxylic acids is 1. The Kier molecular flexibility index (Phi) is 5.44. The normalized spacial score (nSPS) is 12.1. The van der Waals surface area contributed by atoms with Crippen LogP contribution in [-0.4, -0.2) is 34.5 Å². The third-order valence-corrected chi connectivity index (χ3v) is 3.16. The number of carbonyl (C=O) groups is 2. The Bertz CT molecular complexity index is 537. The van der Waals surface area contributed by atoms with Gasteiger partial charge in [0.25, 0.3) is 5.91 Å². The van der Waals surface area contributed by atoms with Crippen LogP contribution in [0.15, 0.2) is 12.1 Å². The van der Waals surface area contributed by atoms with Crippen molar-refractivity contribution in [3.63, 3.8) is 0 Å². The summed E-state index contributed by atoms with van der Waals surface area (Å²) >= 11 is 5.74. The Hall–Kier alpha value is -1.69. The van der Waals surface area contributed by atoms with E-state index in [1.165, 1.54) is 4.90 Å². The summed E-state index contributed by atoms with van der Waals surface area (Å²) in [5.41, 5.74) is -0.190. The van der Waals surface area contributed by atoms with Gasteiger partial charge in [-0.1, -0.05) is 11.6 Å². The predicted molar refractivity (Wildman–Crippen MR) is 69.8 cm³/mol. The van der Waals surface area contributed by atoms with Crippen LogP contribution in [0.2, 0.25) is 5.02 Å². The Morgan fingerprint density at radius 1 is 1.35 bits per heavy atom. The van der Waals surface area contributed by atoms with E-state index in [1.54, 1.807) is 13.8 Å². The van der Waals surface area contributed by atoms with E-state index >= 15 is 0 Å². The fourth-order valence-electron chi connectivity index (χ4n) is 1.86. The van der Waals surface area contributed by atoms with Crippen LogP contribution in [0.5, 0.6) is 0 Å². The van der Waals surface area contributed by atoms with E-state index in [2.05, 4.69) is 0 Å². The molecule has 0 saturated heterocycles. The molecule has 20 heavy (non-hydrogen) atoms. The van der Waals surface area contributed by atoms with E-state index < -0.39 is 29.6 Å². The lowest BCUT2D eigenvalue weighted by molar-refractivity contribution is -0.138. The van der Waals surface area contributed by atoms with Crippen LogP contribution in [0.3, 0.4) is 0 Å². The van der Waals surface area contributed by atoms with Crippen molar-refractivity contribution >= 4 is 23.5 Å². The van der Waals surface area contributed by atoms with Gasteiger partial charge >= 0.3 is 5.97 Å². The topological polar surface area (TPSA) is 57.6 Å². The van der Waals surface area contributed by atoms with Crippen molar-refractivity contribution in [1.29, 1.82) is 0 Å². The number of nitrogens with zero attached hydrogens (tertiary/aromatic N) is 1. The summed E-state index contributed by atoms with van der Waals surface area (Å²) in [7, 11) is 0. The molecule has 1 aromatic rings. The number of amides is 1. The molecular weight excluding hydrogens is 292 g/mol. The summed E-state index contributed by atoms with van der Waals surface area (Å²) in [6.45, 7) is 3.44. The molecule has 0 heterocycles. The highest BCUT2D eigenvalue weighted by molar-refractivity contribution is 6.33. The van der Waals surface area contributed by atoms with Crippen LogP contribution >= 0.6 is 11.6 Å². The fraction of sp³-hybridized carbons (Fsp3) is 0.385. The number of carboxylic acid groups (broad SMARTS) is 1. The predicted octanol–water partition coefficient (Wildman–Crippen LogP) is 2.94.